The number of carbonyl (C=O) groups excluding carboxylic acids is 11. The number of hydrogen-bond acceptors (Lipinski definition) is 18. The minimum atomic E-state index is -1.85. The second kappa shape index (κ2) is 39.5. The van der Waals surface area contributed by atoms with Gasteiger partial charge < -0.3 is 102 Å². The molecular weight excluding hydrogens is 1190 g/mol. The SMILES string of the molecule is CC[C@H](C)[C@H](NC(=O)[C@H](Cc1ccccc1)NC(=O)[C@@H](NC(=O)[C@H](CC(N)=O)NC(=O)[C@H](CCCCN)NC(=O)[C@H](CCC(=O)O)NC(=O)[C@@H](NC(=O)[C@@H]1CCCN1C(=O)[C@H](CCCN=C(N)N)NC(=O)[C@@H](N)CO)[C@@H](C)O)C(C)C)C(=O)N[C@H](C(=O)O)C(C)C. The van der Waals surface area contributed by atoms with Gasteiger partial charge in [-0.3, -0.25) is 62.5 Å². The summed E-state index contributed by atoms with van der Waals surface area (Å²) in [6, 6.07) is -8.00. The number of nitrogens with two attached hydrogens (primary N) is 5. The Morgan fingerprint density at radius 1 is 0.604 bits per heavy atom. The molecule has 1 heterocycles. The summed E-state index contributed by atoms with van der Waals surface area (Å²) in [5, 5.41) is 62.1. The Bertz CT molecular complexity index is 2680. The normalized spacial score (nSPS) is 16.8. The molecule has 1 aliphatic rings. The molecule has 510 valence electrons. The van der Waals surface area contributed by atoms with Crippen molar-refractivity contribution in [2.45, 2.75) is 198 Å². The Labute approximate surface area is 528 Å². The molecule has 0 saturated carbocycles. The van der Waals surface area contributed by atoms with Gasteiger partial charge in [-0.1, -0.05) is 78.3 Å². The number of unbranched alkanes of at least 4 members (excludes halogenated alkanes) is 1. The topological polar surface area (TPSA) is 557 Å². The summed E-state index contributed by atoms with van der Waals surface area (Å²) in [6.07, 6.45) is -2.95. The predicted octanol–water partition coefficient (Wildman–Crippen LogP) is -5.35. The van der Waals surface area contributed by atoms with Gasteiger partial charge in [-0.2, -0.15) is 0 Å². The molecular formula is C58H96N16O17. The molecule has 11 amide bonds. The van der Waals surface area contributed by atoms with E-state index in [1.165, 1.54) is 0 Å². The fourth-order valence-electron chi connectivity index (χ4n) is 9.62. The van der Waals surface area contributed by atoms with Gasteiger partial charge in [-0.25, -0.2) is 4.79 Å². The summed E-state index contributed by atoms with van der Waals surface area (Å²) in [5.74, 6) is -15.5. The van der Waals surface area contributed by atoms with E-state index in [1.807, 2.05) is 0 Å². The number of hydrogen-bond donors (Lipinski definition) is 18. The van der Waals surface area contributed by atoms with Crippen molar-refractivity contribution in [1.29, 1.82) is 0 Å². The van der Waals surface area contributed by atoms with E-state index in [0.717, 1.165) is 11.8 Å². The van der Waals surface area contributed by atoms with Crippen LogP contribution in [0.4, 0.5) is 0 Å². The van der Waals surface area contributed by atoms with E-state index in [2.05, 4.69) is 52.8 Å². The maximum absolute atomic E-state index is 14.3. The number of aliphatic carboxylic acids is 2. The second-order valence-electron chi connectivity index (χ2n) is 23.2. The monoisotopic (exact) mass is 1290 g/mol. The number of carbonyl (C=O) groups is 13. The van der Waals surface area contributed by atoms with Crippen LogP contribution in [0.25, 0.3) is 0 Å². The summed E-state index contributed by atoms with van der Waals surface area (Å²) < 4.78 is 0. The van der Waals surface area contributed by atoms with Gasteiger partial charge in [0.25, 0.3) is 0 Å². The highest BCUT2D eigenvalue weighted by atomic mass is 16.4. The number of benzene rings is 1. The quantitative estimate of drug-likeness (QED) is 0.0165. The third-order valence-electron chi connectivity index (χ3n) is 15.1. The standard InChI is InChI=1S/C58H96N16O17/c1-8-31(6)45(54(87)71-44(30(4)5)57(90)91)72-50(83)38(26-33-16-10-9-11-17-33)69-53(86)43(29(2)3)70-51(84)39(27-41(61)77)68-48(81)35(18-12-13-23-59)65-49(82)36(21-22-42(78)79)66-55(88)46(32(7)76)73-52(85)40-20-15-25-74(40)56(89)37(19-14-24-64-58(62)63)67-47(80)34(60)28-75/h9-11,16-17,29-32,34-40,43-46,75-76H,8,12-15,18-28,59-60H2,1-7H3,(H2,61,77)(H,65,82)(H,66,88)(H,67,80)(H,68,81)(H,69,86)(H,70,84)(H,71,87)(H,72,83)(H,73,85)(H,78,79)(H,90,91)(H4,62,63,64)/t31-,32+,34-,35-,36-,37-,38-,39-,40-,43-,44-,45-,46-/m0/s1. The first-order valence-electron chi connectivity index (χ1n) is 30.4. The van der Waals surface area contributed by atoms with Gasteiger partial charge in [-0.15, -0.1) is 0 Å². The summed E-state index contributed by atoms with van der Waals surface area (Å²) in [6.45, 7) is 10.3. The van der Waals surface area contributed by atoms with Crippen LogP contribution in [0.3, 0.4) is 0 Å². The molecule has 0 aliphatic carbocycles. The molecule has 91 heavy (non-hydrogen) atoms. The van der Waals surface area contributed by atoms with E-state index in [9.17, 15) is 82.8 Å². The molecule has 0 bridgehead atoms. The van der Waals surface area contributed by atoms with E-state index in [0.29, 0.717) is 18.4 Å². The molecule has 1 aromatic rings. The largest absolute Gasteiger partial charge is 0.481 e. The van der Waals surface area contributed by atoms with Crippen molar-refractivity contribution in [3.05, 3.63) is 35.9 Å². The summed E-state index contributed by atoms with van der Waals surface area (Å²) in [5.41, 5.74) is 28.4. The van der Waals surface area contributed by atoms with Crippen molar-refractivity contribution in [2.24, 2.45) is 51.4 Å². The molecule has 1 aliphatic heterocycles. The molecule has 33 nitrogen and oxygen atoms in total. The molecule has 1 fully saturated rings. The van der Waals surface area contributed by atoms with Crippen molar-refractivity contribution in [2.75, 3.05) is 26.2 Å². The van der Waals surface area contributed by atoms with Crippen LogP contribution in [0.1, 0.15) is 125 Å². The molecule has 0 spiro atoms. The van der Waals surface area contributed by atoms with Gasteiger partial charge in [0, 0.05) is 25.9 Å². The zero-order valence-electron chi connectivity index (χ0n) is 52.7. The van der Waals surface area contributed by atoms with Crippen molar-refractivity contribution >= 4 is 82.9 Å². The number of likely N-dealkylation sites (tertiary alicyclic amines) is 1. The van der Waals surface area contributed by atoms with Gasteiger partial charge in [0.15, 0.2) is 5.96 Å². The van der Waals surface area contributed by atoms with Gasteiger partial charge in [-0.05, 0) is 88.2 Å². The van der Waals surface area contributed by atoms with Crippen LogP contribution >= 0.6 is 0 Å². The number of nitrogens with zero attached hydrogens (tertiary/aromatic N) is 2. The Hall–Kier alpha value is -8.56. The highest BCUT2D eigenvalue weighted by molar-refractivity contribution is 6.00. The number of amides is 11. The minimum Gasteiger partial charge on any atom is -0.481 e. The fraction of sp³-hybridized carbons (Fsp3) is 0.655. The zero-order valence-corrected chi connectivity index (χ0v) is 52.7. The average Bonchev–Trinajstić information content (AvgIpc) is 2.05. The number of carboxylic acid groups (broad SMARTS) is 2. The summed E-state index contributed by atoms with van der Waals surface area (Å²) in [7, 11) is 0. The number of primary amides is 1. The van der Waals surface area contributed by atoms with Crippen LogP contribution in [0, 0.1) is 17.8 Å². The van der Waals surface area contributed by atoms with Crippen LogP contribution < -0.4 is 76.5 Å². The predicted molar refractivity (Wildman–Crippen MR) is 329 cm³/mol. The van der Waals surface area contributed by atoms with Gasteiger partial charge >= 0.3 is 11.9 Å². The van der Waals surface area contributed by atoms with Gasteiger partial charge in [0.05, 0.1) is 19.1 Å². The molecule has 1 aromatic carbocycles. The molecule has 0 aromatic heterocycles. The Kier molecular flexibility index (Phi) is 34.1. The lowest BCUT2D eigenvalue weighted by Gasteiger charge is -2.31. The summed E-state index contributed by atoms with van der Waals surface area (Å²) >= 11 is 0. The number of rotatable bonds is 41. The zero-order chi connectivity index (χ0) is 68.8. The van der Waals surface area contributed by atoms with Crippen LogP contribution in [-0.4, -0.2) is 207 Å². The van der Waals surface area contributed by atoms with Crippen LogP contribution in [0.2, 0.25) is 0 Å². The first-order valence-corrected chi connectivity index (χ1v) is 30.4. The minimum absolute atomic E-state index is 0.0112. The lowest BCUT2D eigenvalue weighted by Crippen LogP contribution is -2.62. The van der Waals surface area contributed by atoms with Crippen LogP contribution in [0.15, 0.2) is 35.3 Å². The number of guanidine groups is 1. The third kappa shape index (κ3) is 26.8. The van der Waals surface area contributed by atoms with E-state index >= 15 is 0 Å². The van der Waals surface area contributed by atoms with Crippen molar-refractivity contribution in [1.82, 2.24) is 52.8 Å². The maximum atomic E-state index is 14.3. The smallest absolute Gasteiger partial charge is 0.326 e. The highest BCUT2D eigenvalue weighted by Crippen LogP contribution is 2.21. The number of aliphatic imine (C=N–C) groups is 1. The molecule has 0 unspecified atom stereocenters. The fourth-order valence-corrected chi connectivity index (χ4v) is 9.62. The Morgan fingerprint density at radius 2 is 1.11 bits per heavy atom. The second-order valence-corrected chi connectivity index (χ2v) is 23.2. The number of nitrogens with one attached hydrogen (secondary N) is 9. The van der Waals surface area contributed by atoms with Gasteiger partial charge in [0.1, 0.15) is 66.5 Å². The number of aliphatic hydroxyl groups excluding tert-OH is 2. The first kappa shape index (κ1) is 78.5. The van der Waals surface area contributed by atoms with Crippen LogP contribution in [0.5, 0.6) is 0 Å². The number of carboxylic acids is 2. The van der Waals surface area contributed by atoms with E-state index in [4.69, 9.17) is 28.7 Å². The molecule has 13 atom stereocenters. The molecule has 23 N–H and O–H groups in total. The average molecular weight is 1290 g/mol. The number of aliphatic hydroxyl groups is 2. The molecule has 0 radical (unpaired) electrons. The lowest BCUT2D eigenvalue weighted by atomic mass is 9.95. The molecule has 33 heteroatoms. The Balaban J connectivity index is 2.46. The van der Waals surface area contributed by atoms with Crippen molar-refractivity contribution in [3.63, 3.8) is 0 Å². The summed E-state index contributed by atoms with van der Waals surface area (Å²) in [4.78, 5) is 181. The third-order valence-corrected chi connectivity index (χ3v) is 15.1. The van der Waals surface area contributed by atoms with Crippen molar-refractivity contribution < 1.29 is 82.8 Å². The van der Waals surface area contributed by atoms with Crippen LogP contribution in [-0.2, 0) is 68.7 Å². The Morgan fingerprint density at radius 3 is 1.65 bits per heavy atom. The first-order chi connectivity index (χ1) is 42.8. The van der Waals surface area contributed by atoms with Gasteiger partial charge in [0.2, 0.25) is 65.0 Å². The van der Waals surface area contributed by atoms with E-state index in [1.54, 1.807) is 71.9 Å². The maximum Gasteiger partial charge on any atom is 0.326 e. The van der Waals surface area contributed by atoms with E-state index < -0.39 is 193 Å². The van der Waals surface area contributed by atoms with Crippen molar-refractivity contribution in [3.8, 4) is 0 Å². The molecule has 2 rings (SSSR count). The van der Waals surface area contributed by atoms with E-state index in [-0.39, 0.29) is 70.5 Å². The molecule has 1 saturated heterocycles. The highest BCUT2D eigenvalue weighted by Gasteiger charge is 2.42. The lowest BCUT2D eigenvalue weighted by molar-refractivity contribution is -0.144.